The molecule has 1 N–H and O–H groups in total. The molecule has 0 saturated heterocycles. The molecule has 0 spiro atoms. The number of terminal acetylenes is 1. The minimum Gasteiger partial charge on any atom is -0.496 e. The van der Waals surface area contributed by atoms with E-state index in [2.05, 4.69) is 11.2 Å². The van der Waals surface area contributed by atoms with Crippen molar-refractivity contribution in [1.82, 2.24) is 5.32 Å². The van der Waals surface area contributed by atoms with Crippen molar-refractivity contribution in [3.8, 4) is 29.6 Å². The van der Waals surface area contributed by atoms with E-state index in [1.165, 1.54) is 0 Å². The maximum Gasteiger partial charge on any atom is 0.130 e. The summed E-state index contributed by atoms with van der Waals surface area (Å²) in [6.45, 7) is 2.49. The van der Waals surface area contributed by atoms with Gasteiger partial charge in [0.25, 0.3) is 0 Å². The van der Waals surface area contributed by atoms with Crippen molar-refractivity contribution in [1.29, 1.82) is 0 Å². The zero-order valence-corrected chi connectivity index (χ0v) is 11.2. The summed E-state index contributed by atoms with van der Waals surface area (Å²) in [6.07, 6.45) is 5.33. The first-order valence-corrected chi connectivity index (χ1v) is 5.64. The van der Waals surface area contributed by atoms with Crippen molar-refractivity contribution in [3.05, 3.63) is 17.7 Å². The third-order valence-electron chi connectivity index (χ3n) is 2.65. The average Bonchev–Trinajstić information content (AvgIpc) is 2.43. The van der Waals surface area contributed by atoms with Crippen molar-refractivity contribution < 1.29 is 14.2 Å². The van der Waals surface area contributed by atoms with Crippen LogP contribution in [0.1, 0.15) is 12.5 Å². The smallest absolute Gasteiger partial charge is 0.130 e. The Hall–Kier alpha value is -1.86. The molecule has 1 rings (SSSR count). The van der Waals surface area contributed by atoms with Crippen LogP contribution in [-0.2, 0) is 6.54 Å². The molecule has 1 unspecified atom stereocenters. The molecule has 0 amide bonds. The lowest BCUT2D eigenvalue weighted by molar-refractivity contribution is 0.366. The van der Waals surface area contributed by atoms with Gasteiger partial charge in [-0.15, -0.1) is 6.42 Å². The third-order valence-corrected chi connectivity index (χ3v) is 2.65. The average molecular weight is 249 g/mol. The molecule has 1 aromatic carbocycles. The van der Waals surface area contributed by atoms with Gasteiger partial charge in [-0.3, -0.25) is 5.32 Å². The van der Waals surface area contributed by atoms with Gasteiger partial charge in [-0.1, -0.05) is 5.92 Å². The first kappa shape index (κ1) is 14.2. The van der Waals surface area contributed by atoms with E-state index in [0.29, 0.717) is 23.8 Å². The molecule has 4 heteroatoms. The second-order valence-electron chi connectivity index (χ2n) is 3.78. The first-order valence-electron chi connectivity index (χ1n) is 5.64. The molecule has 98 valence electrons. The zero-order valence-electron chi connectivity index (χ0n) is 11.2. The highest BCUT2D eigenvalue weighted by Crippen LogP contribution is 2.33. The van der Waals surface area contributed by atoms with Crippen molar-refractivity contribution in [3.63, 3.8) is 0 Å². The van der Waals surface area contributed by atoms with Gasteiger partial charge in [0.15, 0.2) is 0 Å². The Morgan fingerprint density at radius 3 is 2.11 bits per heavy atom. The van der Waals surface area contributed by atoms with E-state index in [4.69, 9.17) is 20.6 Å². The monoisotopic (exact) mass is 249 g/mol. The third kappa shape index (κ3) is 3.31. The fourth-order valence-corrected chi connectivity index (χ4v) is 1.57. The first-order chi connectivity index (χ1) is 8.65. The number of rotatable bonds is 6. The van der Waals surface area contributed by atoms with Gasteiger partial charge in [0.2, 0.25) is 0 Å². The van der Waals surface area contributed by atoms with E-state index in [1.807, 2.05) is 19.1 Å². The van der Waals surface area contributed by atoms with E-state index in [-0.39, 0.29) is 6.04 Å². The van der Waals surface area contributed by atoms with E-state index < -0.39 is 0 Å². The second kappa shape index (κ2) is 6.77. The van der Waals surface area contributed by atoms with Crippen LogP contribution in [0.25, 0.3) is 0 Å². The van der Waals surface area contributed by atoms with Gasteiger partial charge in [-0.25, -0.2) is 0 Å². The van der Waals surface area contributed by atoms with Crippen LogP contribution in [0.4, 0.5) is 0 Å². The van der Waals surface area contributed by atoms with Gasteiger partial charge >= 0.3 is 0 Å². The molecular weight excluding hydrogens is 230 g/mol. The number of nitrogens with one attached hydrogen (secondary N) is 1. The summed E-state index contributed by atoms with van der Waals surface area (Å²) in [5, 5.41) is 3.20. The van der Waals surface area contributed by atoms with Crippen LogP contribution in [-0.4, -0.2) is 27.4 Å². The van der Waals surface area contributed by atoms with Crippen LogP contribution in [0.2, 0.25) is 0 Å². The topological polar surface area (TPSA) is 39.7 Å². The Labute approximate surface area is 108 Å². The molecular formula is C14H19NO3. The van der Waals surface area contributed by atoms with Crippen molar-refractivity contribution in [2.45, 2.75) is 19.5 Å². The maximum absolute atomic E-state index is 5.34. The Balaban J connectivity index is 3.04. The van der Waals surface area contributed by atoms with Crippen LogP contribution in [0.15, 0.2) is 12.1 Å². The minimum absolute atomic E-state index is 0.0125. The summed E-state index contributed by atoms with van der Waals surface area (Å²) in [5.74, 6) is 4.73. The predicted octanol–water partition coefficient (Wildman–Crippen LogP) is 1.82. The Morgan fingerprint density at radius 1 is 1.17 bits per heavy atom. The normalized spacial score (nSPS) is 11.5. The number of benzene rings is 1. The van der Waals surface area contributed by atoms with Gasteiger partial charge in [-0.05, 0) is 6.92 Å². The van der Waals surface area contributed by atoms with Crippen molar-refractivity contribution >= 4 is 0 Å². The summed E-state index contributed by atoms with van der Waals surface area (Å²) in [7, 11) is 4.83. The number of methoxy groups -OCH3 is 3. The van der Waals surface area contributed by atoms with Crippen LogP contribution >= 0.6 is 0 Å². The van der Waals surface area contributed by atoms with Crippen LogP contribution in [0, 0.1) is 12.3 Å². The molecule has 0 aliphatic heterocycles. The predicted molar refractivity (Wildman–Crippen MR) is 71.2 cm³/mol. The molecule has 0 aliphatic carbocycles. The number of hydrogen-bond acceptors (Lipinski definition) is 4. The van der Waals surface area contributed by atoms with E-state index in [1.54, 1.807) is 21.3 Å². The van der Waals surface area contributed by atoms with Crippen LogP contribution < -0.4 is 19.5 Å². The minimum atomic E-state index is -0.0125. The summed E-state index contributed by atoms with van der Waals surface area (Å²) < 4.78 is 15.9. The summed E-state index contributed by atoms with van der Waals surface area (Å²) in [4.78, 5) is 0. The fraction of sp³-hybridized carbons (Fsp3) is 0.429. The quantitative estimate of drug-likeness (QED) is 0.781. The largest absolute Gasteiger partial charge is 0.496 e. The lowest BCUT2D eigenvalue weighted by atomic mass is 10.1. The Kier molecular flexibility index (Phi) is 5.34. The van der Waals surface area contributed by atoms with Crippen molar-refractivity contribution in [2.75, 3.05) is 21.3 Å². The van der Waals surface area contributed by atoms with Gasteiger partial charge < -0.3 is 14.2 Å². The van der Waals surface area contributed by atoms with Crippen LogP contribution in [0.5, 0.6) is 17.2 Å². The van der Waals surface area contributed by atoms with E-state index >= 15 is 0 Å². The summed E-state index contributed by atoms with van der Waals surface area (Å²) >= 11 is 0. The second-order valence-corrected chi connectivity index (χ2v) is 3.78. The Morgan fingerprint density at radius 2 is 1.72 bits per heavy atom. The van der Waals surface area contributed by atoms with Crippen molar-refractivity contribution in [2.24, 2.45) is 0 Å². The molecule has 18 heavy (non-hydrogen) atoms. The fourth-order valence-electron chi connectivity index (χ4n) is 1.57. The molecule has 0 fully saturated rings. The molecule has 0 heterocycles. The molecule has 4 nitrogen and oxygen atoms in total. The van der Waals surface area contributed by atoms with Crippen LogP contribution in [0.3, 0.4) is 0 Å². The lowest BCUT2D eigenvalue weighted by Gasteiger charge is -2.16. The van der Waals surface area contributed by atoms with E-state index in [0.717, 1.165) is 5.56 Å². The van der Waals surface area contributed by atoms with E-state index in [9.17, 15) is 0 Å². The highest BCUT2D eigenvalue weighted by molar-refractivity contribution is 5.50. The zero-order chi connectivity index (χ0) is 13.5. The molecule has 1 atom stereocenters. The molecule has 0 saturated carbocycles. The number of hydrogen-bond donors (Lipinski definition) is 1. The van der Waals surface area contributed by atoms with Gasteiger partial charge in [0.1, 0.15) is 17.2 Å². The van der Waals surface area contributed by atoms with Gasteiger partial charge in [0, 0.05) is 18.7 Å². The molecule has 0 bridgehead atoms. The number of ether oxygens (including phenoxy) is 3. The maximum atomic E-state index is 5.34. The molecule has 0 aliphatic rings. The lowest BCUT2D eigenvalue weighted by Crippen LogP contribution is -2.24. The summed E-state index contributed by atoms with van der Waals surface area (Å²) in [6, 6.07) is 3.63. The molecule has 1 aromatic rings. The molecule has 0 radical (unpaired) electrons. The van der Waals surface area contributed by atoms with Gasteiger partial charge in [-0.2, -0.15) is 0 Å². The SMILES string of the molecule is C#CC(C)NCc1c(OC)cc(OC)cc1OC. The highest BCUT2D eigenvalue weighted by atomic mass is 16.5. The standard InChI is InChI=1S/C14H19NO3/c1-6-10(2)15-9-12-13(17-4)7-11(16-3)8-14(12)18-5/h1,7-8,10,15H,9H2,2-5H3. The summed E-state index contributed by atoms with van der Waals surface area (Å²) in [5.41, 5.74) is 0.919. The molecule has 0 aromatic heterocycles. The van der Waals surface area contributed by atoms with Gasteiger partial charge in [0.05, 0.1) is 32.9 Å². The Bertz CT molecular complexity index is 412. The highest BCUT2D eigenvalue weighted by Gasteiger charge is 2.13.